The highest BCUT2D eigenvalue weighted by Crippen LogP contribution is 2.32. The van der Waals surface area contributed by atoms with Crippen molar-refractivity contribution in [1.29, 1.82) is 0 Å². The number of halogens is 1. The molecule has 0 radical (unpaired) electrons. The standard InChI is InChI=1S/C15H22ClNO/c1-2-4-14(12-5-7-13(16)8-6-12)17-11-15(18)9-3-10-15/h5-8,14,17-18H,2-4,9-11H2,1H3. The molecule has 1 aromatic rings. The highest BCUT2D eigenvalue weighted by Gasteiger charge is 2.34. The van der Waals surface area contributed by atoms with E-state index in [1.54, 1.807) is 0 Å². The summed E-state index contributed by atoms with van der Waals surface area (Å²) in [7, 11) is 0. The Morgan fingerprint density at radius 3 is 2.50 bits per heavy atom. The van der Waals surface area contributed by atoms with Crippen LogP contribution in [0.2, 0.25) is 5.02 Å². The van der Waals surface area contributed by atoms with Crippen molar-refractivity contribution in [2.75, 3.05) is 6.54 Å². The summed E-state index contributed by atoms with van der Waals surface area (Å²) in [4.78, 5) is 0. The number of hydrogen-bond acceptors (Lipinski definition) is 2. The summed E-state index contributed by atoms with van der Waals surface area (Å²) >= 11 is 5.91. The summed E-state index contributed by atoms with van der Waals surface area (Å²) < 4.78 is 0. The summed E-state index contributed by atoms with van der Waals surface area (Å²) in [6.45, 7) is 2.88. The van der Waals surface area contributed by atoms with Gasteiger partial charge in [-0.25, -0.2) is 0 Å². The van der Waals surface area contributed by atoms with Crippen LogP contribution in [0, 0.1) is 0 Å². The molecule has 2 rings (SSSR count). The topological polar surface area (TPSA) is 32.3 Å². The highest BCUT2D eigenvalue weighted by molar-refractivity contribution is 6.30. The van der Waals surface area contributed by atoms with Gasteiger partial charge in [-0.1, -0.05) is 37.1 Å². The van der Waals surface area contributed by atoms with Gasteiger partial charge in [0.1, 0.15) is 0 Å². The fraction of sp³-hybridized carbons (Fsp3) is 0.600. The van der Waals surface area contributed by atoms with Gasteiger partial charge in [-0.3, -0.25) is 0 Å². The quantitative estimate of drug-likeness (QED) is 0.824. The lowest BCUT2D eigenvalue weighted by atomic mass is 9.80. The fourth-order valence-corrected chi connectivity index (χ4v) is 2.57. The third kappa shape index (κ3) is 3.47. The zero-order valence-electron chi connectivity index (χ0n) is 11.0. The van der Waals surface area contributed by atoms with Gasteiger partial charge in [0.15, 0.2) is 0 Å². The minimum absolute atomic E-state index is 0.317. The lowest BCUT2D eigenvalue weighted by Crippen LogP contribution is -2.47. The van der Waals surface area contributed by atoms with E-state index in [0.717, 1.165) is 37.1 Å². The van der Waals surface area contributed by atoms with Gasteiger partial charge >= 0.3 is 0 Å². The number of benzene rings is 1. The van der Waals surface area contributed by atoms with Crippen LogP contribution in [0.4, 0.5) is 0 Å². The first-order valence-electron chi connectivity index (χ1n) is 6.84. The van der Waals surface area contributed by atoms with E-state index in [1.807, 2.05) is 12.1 Å². The van der Waals surface area contributed by atoms with Crippen LogP contribution in [0.5, 0.6) is 0 Å². The Bertz CT molecular complexity index is 373. The minimum Gasteiger partial charge on any atom is -0.389 e. The number of aliphatic hydroxyl groups is 1. The molecule has 2 N–H and O–H groups in total. The average molecular weight is 268 g/mol. The maximum absolute atomic E-state index is 10.1. The molecular formula is C15H22ClNO. The molecule has 0 bridgehead atoms. The van der Waals surface area contributed by atoms with Gasteiger partial charge in [0, 0.05) is 17.6 Å². The van der Waals surface area contributed by atoms with Crippen molar-refractivity contribution in [3.8, 4) is 0 Å². The molecule has 0 heterocycles. The Hall–Kier alpha value is -0.570. The van der Waals surface area contributed by atoms with Crippen molar-refractivity contribution in [2.45, 2.75) is 50.7 Å². The summed E-state index contributed by atoms with van der Waals surface area (Å²) in [5.41, 5.74) is 0.794. The van der Waals surface area contributed by atoms with Gasteiger partial charge in [-0.15, -0.1) is 0 Å². The Balaban J connectivity index is 1.96. The number of hydrogen-bond donors (Lipinski definition) is 2. The van der Waals surface area contributed by atoms with Crippen LogP contribution >= 0.6 is 11.6 Å². The molecular weight excluding hydrogens is 246 g/mol. The van der Waals surface area contributed by atoms with Crippen LogP contribution in [-0.4, -0.2) is 17.3 Å². The number of nitrogens with one attached hydrogen (secondary N) is 1. The molecule has 1 aliphatic carbocycles. The molecule has 0 spiro atoms. The zero-order chi connectivity index (χ0) is 13.0. The smallest absolute Gasteiger partial charge is 0.0771 e. The third-order valence-corrected chi connectivity index (χ3v) is 4.06. The molecule has 100 valence electrons. The number of rotatable bonds is 6. The second-order valence-corrected chi connectivity index (χ2v) is 5.79. The normalized spacial score (nSPS) is 19.3. The SMILES string of the molecule is CCCC(NCC1(O)CCC1)c1ccc(Cl)cc1. The molecule has 0 aromatic heterocycles. The molecule has 18 heavy (non-hydrogen) atoms. The first-order valence-corrected chi connectivity index (χ1v) is 7.22. The summed E-state index contributed by atoms with van der Waals surface area (Å²) in [6.07, 6.45) is 5.22. The van der Waals surface area contributed by atoms with Crippen LogP contribution in [0.25, 0.3) is 0 Å². The maximum Gasteiger partial charge on any atom is 0.0771 e. The predicted octanol–water partition coefficient (Wildman–Crippen LogP) is 3.69. The van der Waals surface area contributed by atoms with E-state index in [4.69, 9.17) is 11.6 Å². The van der Waals surface area contributed by atoms with Crippen molar-refractivity contribution in [3.63, 3.8) is 0 Å². The Labute approximate surface area is 114 Å². The lowest BCUT2D eigenvalue weighted by molar-refractivity contribution is -0.0334. The average Bonchev–Trinajstić information content (AvgIpc) is 2.33. The molecule has 1 saturated carbocycles. The summed E-state index contributed by atoms with van der Waals surface area (Å²) in [5, 5.41) is 14.4. The monoisotopic (exact) mass is 267 g/mol. The van der Waals surface area contributed by atoms with Gasteiger partial charge in [0.25, 0.3) is 0 Å². The van der Waals surface area contributed by atoms with Crippen molar-refractivity contribution in [3.05, 3.63) is 34.9 Å². The summed E-state index contributed by atoms with van der Waals surface area (Å²) in [5.74, 6) is 0. The zero-order valence-corrected chi connectivity index (χ0v) is 11.7. The van der Waals surface area contributed by atoms with E-state index in [9.17, 15) is 5.11 Å². The van der Waals surface area contributed by atoms with Crippen molar-refractivity contribution in [2.24, 2.45) is 0 Å². The molecule has 3 heteroatoms. The Kier molecular flexibility index (Phi) is 4.66. The van der Waals surface area contributed by atoms with Gasteiger partial charge in [-0.2, -0.15) is 0 Å². The second kappa shape index (κ2) is 6.05. The van der Waals surface area contributed by atoms with Crippen LogP contribution in [0.3, 0.4) is 0 Å². The molecule has 1 fully saturated rings. The first kappa shape index (κ1) is 13.9. The van der Waals surface area contributed by atoms with Crippen LogP contribution < -0.4 is 5.32 Å². The molecule has 0 amide bonds. The van der Waals surface area contributed by atoms with Crippen molar-refractivity contribution < 1.29 is 5.11 Å². The molecule has 1 unspecified atom stereocenters. The largest absolute Gasteiger partial charge is 0.389 e. The Morgan fingerprint density at radius 1 is 1.33 bits per heavy atom. The third-order valence-electron chi connectivity index (χ3n) is 3.81. The minimum atomic E-state index is -0.460. The van der Waals surface area contributed by atoms with E-state index in [0.29, 0.717) is 12.6 Å². The van der Waals surface area contributed by atoms with E-state index in [2.05, 4.69) is 24.4 Å². The Morgan fingerprint density at radius 2 is 2.00 bits per heavy atom. The van der Waals surface area contributed by atoms with Crippen LogP contribution in [0.15, 0.2) is 24.3 Å². The van der Waals surface area contributed by atoms with Gasteiger partial charge in [0.05, 0.1) is 5.60 Å². The predicted molar refractivity (Wildman–Crippen MR) is 75.9 cm³/mol. The molecule has 1 aromatic carbocycles. The fourth-order valence-electron chi connectivity index (χ4n) is 2.45. The lowest BCUT2D eigenvalue weighted by Gasteiger charge is -2.38. The van der Waals surface area contributed by atoms with Crippen LogP contribution in [0.1, 0.15) is 50.6 Å². The van der Waals surface area contributed by atoms with Gasteiger partial charge in [0.2, 0.25) is 0 Å². The highest BCUT2D eigenvalue weighted by atomic mass is 35.5. The second-order valence-electron chi connectivity index (χ2n) is 5.35. The van der Waals surface area contributed by atoms with Gasteiger partial charge < -0.3 is 10.4 Å². The van der Waals surface area contributed by atoms with Crippen molar-refractivity contribution in [1.82, 2.24) is 5.32 Å². The van der Waals surface area contributed by atoms with Crippen LogP contribution in [-0.2, 0) is 0 Å². The molecule has 2 nitrogen and oxygen atoms in total. The first-order chi connectivity index (χ1) is 8.63. The van der Waals surface area contributed by atoms with Crippen molar-refractivity contribution >= 4 is 11.6 Å². The molecule has 1 aliphatic rings. The molecule has 1 atom stereocenters. The van der Waals surface area contributed by atoms with E-state index in [-0.39, 0.29) is 0 Å². The van der Waals surface area contributed by atoms with Gasteiger partial charge in [-0.05, 0) is 43.4 Å². The van der Waals surface area contributed by atoms with E-state index in [1.165, 1.54) is 5.56 Å². The molecule has 0 saturated heterocycles. The summed E-state index contributed by atoms with van der Waals surface area (Å²) in [6, 6.07) is 8.32. The van der Waals surface area contributed by atoms with E-state index >= 15 is 0 Å². The van der Waals surface area contributed by atoms with E-state index < -0.39 is 5.60 Å². The maximum atomic E-state index is 10.1. The molecule has 0 aliphatic heterocycles.